The molecule has 1 aliphatic rings. The summed E-state index contributed by atoms with van der Waals surface area (Å²) in [5.74, 6) is 0.784. The predicted octanol–water partition coefficient (Wildman–Crippen LogP) is 4.40. The standard InChI is InChI=1S/C24H28F3N9O.C2H6S/c1-14(2)31-22(37)17-12-30-23(35-21(17)34-20-5-3-4-19(28)33-20)32-15-6-8-16(9-7-15)36-11-10-29-18(13-36)24(25,26)27;1-3-2/h3-9,12,14,18,29H,10-11,13H2,1-2H3,(H,31,37)(H4,28,30,32,33,34,35);1-2H3. The van der Waals surface area contributed by atoms with Crippen LogP contribution in [0.2, 0.25) is 0 Å². The van der Waals surface area contributed by atoms with Crippen LogP contribution in [0.4, 0.5) is 47.9 Å². The number of nitrogens with two attached hydrogens (primary N) is 1. The maximum Gasteiger partial charge on any atom is 0.405 e. The number of nitrogen functional groups attached to an aromatic ring is 1. The third-order valence-corrected chi connectivity index (χ3v) is 5.53. The number of hydrogen-bond acceptors (Lipinski definition) is 10. The van der Waals surface area contributed by atoms with Gasteiger partial charge in [-0.05, 0) is 62.8 Å². The van der Waals surface area contributed by atoms with E-state index in [1.807, 2.05) is 26.4 Å². The maximum atomic E-state index is 13.1. The minimum absolute atomic E-state index is 0.0933. The molecule has 4 rings (SSSR count). The van der Waals surface area contributed by atoms with Gasteiger partial charge in [-0.1, -0.05) is 6.07 Å². The van der Waals surface area contributed by atoms with Crippen LogP contribution in [0.3, 0.4) is 0 Å². The normalized spacial score (nSPS) is 15.2. The number of alkyl halides is 3. The van der Waals surface area contributed by atoms with Gasteiger partial charge in [0, 0.05) is 43.2 Å². The molecule has 1 atom stereocenters. The van der Waals surface area contributed by atoms with E-state index >= 15 is 0 Å². The fraction of sp³-hybridized carbons (Fsp3) is 0.385. The number of benzene rings is 1. The second-order valence-electron chi connectivity index (χ2n) is 9.23. The Hall–Kier alpha value is -3.78. The summed E-state index contributed by atoms with van der Waals surface area (Å²) in [6.07, 6.45) is 1.18. The summed E-state index contributed by atoms with van der Waals surface area (Å²) in [7, 11) is 0. The Morgan fingerprint density at radius 1 is 1.12 bits per heavy atom. The Bertz CT molecular complexity index is 1260. The van der Waals surface area contributed by atoms with Crippen molar-refractivity contribution < 1.29 is 18.0 Å². The molecule has 1 unspecified atom stereocenters. The number of thioether (sulfide) groups is 1. The third-order valence-electron chi connectivity index (χ3n) is 5.53. The van der Waals surface area contributed by atoms with Crippen LogP contribution in [0.5, 0.6) is 0 Å². The molecule has 0 bridgehead atoms. The van der Waals surface area contributed by atoms with Gasteiger partial charge in [0.1, 0.15) is 29.1 Å². The lowest BCUT2D eigenvalue weighted by molar-refractivity contribution is -0.155. The van der Waals surface area contributed by atoms with E-state index in [-0.39, 0.29) is 42.4 Å². The van der Waals surface area contributed by atoms with Crippen molar-refractivity contribution >= 4 is 52.4 Å². The van der Waals surface area contributed by atoms with E-state index in [9.17, 15) is 18.0 Å². The van der Waals surface area contributed by atoms with Gasteiger partial charge >= 0.3 is 6.18 Å². The molecule has 216 valence electrons. The highest BCUT2D eigenvalue weighted by Gasteiger charge is 2.42. The number of carbonyl (C=O) groups excluding carboxylic acids is 1. The summed E-state index contributed by atoms with van der Waals surface area (Å²) < 4.78 is 39.3. The van der Waals surface area contributed by atoms with E-state index in [0.717, 1.165) is 0 Å². The number of anilines is 6. The van der Waals surface area contributed by atoms with Gasteiger partial charge in [-0.3, -0.25) is 4.79 Å². The van der Waals surface area contributed by atoms with Crippen LogP contribution in [0, 0.1) is 0 Å². The molecule has 3 heterocycles. The van der Waals surface area contributed by atoms with Crippen LogP contribution in [-0.2, 0) is 0 Å². The van der Waals surface area contributed by atoms with Gasteiger partial charge in [-0.15, -0.1) is 0 Å². The summed E-state index contributed by atoms with van der Waals surface area (Å²) in [6.45, 7) is 4.23. The second kappa shape index (κ2) is 14.0. The smallest absolute Gasteiger partial charge is 0.384 e. The van der Waals surface area contributed by atoms with Crippen LogP contribution in [0.25, 0.3) is 0 Å². The van der Waals surface area contributed by atoms with Crippen molar-refractivity contribution in [2.24, 2.45) is 0 Å². The van der Waals surface area contributed by atoms with Gasteiger partial charge in [0.15, 0.2) is 0 Å². The van der Waals surface area contributed by atoms with E-state index in [4.69, 9.17) is 5.73 Å². The molecule has 2 aromatic heterocycles. The maximum absolute atomic E-state index is 13.1. The first-order chi connectivity index (χ1) is 19.0. The van der Waals surface area contributed by atoms with E-state index in [0.29, 0.717) is 29.6 Å². The topological polar surface area (TPSA) is 133 Å². The minimum Gasteiger partial charge on any atom is -0.384 e. The molecule has 10 nitrogen and oxygen atoms in total. The SMILES string of the molecule is CC(C)NC(=O)c1cnc(Nc2ccc(N3CCNC(C(F)(F)F)C3)cc2)nc1Nc1cccc(N)n1.CSC. The van der Waals surface area contributed by atoms with Crippen molar-refractivity contribution in [3.63, 3.8) is 0 Å². The Morgan fingerprint density at radius 3 is 2.45 bits per heavy atom. The molecule has 6 N–H and O–H groups in total. The van der Waals surface area contributed by atoms with Gasteiger partial charge in [0.05, 0.1) is 0 Å². The lowest BCUT2D eigenvalue weighted by Crippen LogP contribution is -2.57. The first-order valence-electron chi connectivity index (χ1n) is 12.5. The first-order valence-corrected chi connectivity index (χ1v) is 14.1. The summed E-state index contributed by atoms with van der Waals surface area (Å²) >= 11 is 1.75. The molecule has 1 fully saturated rings. The first kappa shape index (κ1) is 30.8. The molecule has 1 saturated heterocycles. The summed E-state index contributed by atoms with van der Waals surface area (Å²) in [5.41, 5.74) is 7.29. The number of hydrogen-bond donors (Lipinski definition) is 5. The zero-order chi connectivity index (χ0) is 29.3. The predicted molar refractivity (Wildman–Crippen MR) is 156 cm³/mol. The van der Waals surface area contributed by atoms with E-state index in [1.54, 1.807) is 59.1 Å². The number of carbonyl (C=O) groups is 1. The van der Waals surface area contributed by atoms with Crippen molar-refractivity contribution in [3.05, 3.63) is 54.2 Å². The highest BCUT2D eigenvalue weighted by Crippen LogP contribution is 2.27. The van der Waals surface area contributed by atoms with Gasteiger partial charge < -0.3 is 31.9 Å². The van der Waals surface area contributed by atoms with Crippen LogP contribution < -0.4 is 31.9 Å². The van der Waals surface area contributed by atoms with Gasteiger partial charge in [0.2, 0.25) is 5.95 Å². The lowest BCUT2D eigenvalue weighted by Gasteiger charge is -2.36. The van der Waals surface area contributed by atoms with Crippen molar-refractivity contribution in [1.82, 2.24) is 25.6 Å². The third kappa shape index (κ3) is 8.88. The van der Waals surface area contributed by atoms with E-state index in [1.165, 1.54) is 6.20 Å². The number of nitrogens with one attached hydrogen (secondary N) is 4. The number of aromatic nitrogens is 3. The van der Waals surface area contributed by atoms with Crippen LogP contribution >= 0.6 is 11.8 Å². The van der Waals surface area contributed by atoms with Gasteiger partial charge in [-0.25, -0.2) is 9.97 Å². The summed E-state index contributed by atoms with van der Waals surface area (Å²) in [4.78, 5) is 27.3. The quantitative estimate of drug-likeness (QED) is 0.275. The molecule has 14 heteroatoms. The monoisotopic (exact) mass is 577 g/mol. The average molecular weight is 578 g/mol. The van der Waals surface area contributed by atoms with E-state index in [2.05, 4.69) is 36.2 Å². The van der Waals surface area contributed by atoms with Crippen LogP contribution in [0.1, 0.15) is 24.2 Å². The summed E-state index contributed by atoms with van der Waals surface area (Å²) in [5, 5.41) is 11.4. The molecule has 0 radical (unpaired) electrons. The Balaban J connectivity index is 0.00000141. The molecule has 1 aliphatic heterocycles. The van der Waals surface area contributed by atoms with Gasteiger partial charge in [0.25, 0.3) is 5.91 Å². The molecule has 0 aliphatic carbocycles. The number of halogens is 3. The average Bonchev–Trinajstić information content (AvgIpc) is 2.89. The largest absolute Gasteiger partial charge is 0.405 e. The fourth-order valence-corrected chi connectivity index (χ4v) is 3.77. The van der Waals surface area contributed by atoms with E-state index < -0.39 is 12.2 Å². The number of nitrogens with zero attached hydrogens (tertiary/aromatic N) is 4. The van der Waals surface area contributed by atoms with Crippen molar-refractivity contribution in [2.75, 3.05) is 53.4 Å². The number of piperazine rings is 1. The summed E-state index contributed by atoms with van der Waals surface area (Å²) in [6, 6.07) is 10.3. The zero-order valence-electron chi connectivity index (χ0n) is 22.7. The minimum atomic E-state index is -4.30. The number of amides is 1. The Labute approximate surface area is 235 Å². The molecule has 3 aromatic rings. The second-order valence-corrected chi connectivity index (χ2v) is 10.0. The highest BCUT2D eigenvalue weighted by molar-refractivity contribution is 7.97. The van der Waals surface area contributed by atoms with Crippen molar-refractivity contribution in [2.45, 2.75) is 32.1 Å². The van der Waals surface area contributed by atoms with Crippen LogP contribution in [0.15, 0.2) is 48.7 Å². The Morgan fingerprint density at radius 2 is 1.82 bits per heavy atom. The molecule has 1 amide bonds. The molecule has 0 spiro atoms. The van der Waals surface area contributed by atoms with Crippen LogP contribution in [-0.4, -0.2) is 71.3 Å². The Kier molecular flexibility index (Phi) is 10.8. The van der Waals surface area contributed by atoms with Gasteiger partial charge in [-0.2, -0.15) is 29.9 Å². The van der Waals surface area contributed by atoms with Crippen molar-refractivity contribution in [3.8, 4) is 0 Å². The molecule has 0 saturated carbocycles. The number of rotatable bonds is 7. The zero-order valence-corrected chi connectivity index (χ0v) is 23.5. The number of pyridine rings is 1. The molecular weight excluding hydrogens is 543 g/mol. The van der Waals surface area contributed by atoms with Crippen molar-refractivity contribution in [1.29, 1.82) is 0 Å². The molecule has 40 heavy (non-hydrogen) atoms. The molecular formula is C26H34F3N9OS. The highest BCUT2D eigenvalue weighted by atomic mass is 32.2. The molecule has 1 aromatic carbocycles. The lowest BCUT2D eigenvalue weighted by atomic mass is 10.1. The fourth-order valence-electron chi connectivity index (χ4n) is 3.77.